The Morgan fingerprint density at radius 1 is 1.14 bits per heavy atom. The molecule has 0 bridgehead atoms. The van der Waals surface area contributed by atoms with Crippen LogP contribution in [-0.4, -0.2) is 43.2 Å². The molecule has 0 fully saturated rings. The van der Waals surface area contributed by atoms with Crippen molar-refractivity contribution in [3.63, 3.8) is 0 Å². The van der Waals surface area contributed by atoms with Crippen LogP contribution in [-0.2, 0) is 11.3 Å². The molecule has 1 aliphatic rings. The summed E-state index contributed by atoms with van der Waals surface area (Å²) in [6.07, 6.45) is 5.41. The van der Waals surface area contributed by atoms with Crippen LogP contribution >= 0.6 is 0 Å². The first-order chi connectivity index (χ1) is 13.7. The summed E-state index contributed by atoms with van der Waals surface area (Å²) in [4.78, 5) is 17.3. The number of rotatable bonds is 5. The summed E-state index contributed by atoms with van der Waals surface area (Å²) in [6, 6.07) is 13.8. The number of benzene rings is 2. The minimum Gasteiger partial charge on any atom is -0.497 e. The fourth-order valence-corrected chi connectivity index (χ4v) is 3.71. The average molecular weight is 376 g/mol. The fourth-order valence-electron chi connectivity index (χ4n) is 3.71. The minimum atomic E-state index is -0.299. The van der Waals surface area contributed by atoms with Crippen molar-refractivity contribution in [2.24, 2.45) is 0 Å². The van der Waals surface area contributed by atoms with Crippen LogP contribution in [0.4, 0.5) is 0 Å². The predicted octanol–water partition coefficient (Wildman–Crippen LogP) is 4.25. The van der Waals surface area contributed by atoms with Crippen molar-refractivity contribution in [2.45, 2.75) is 13.0 Å². The molecule has 0 saturated heterocycles. The van der Waals surface area contributed by atoms with E-state index in [0.717, 1.165) is 37.3 Å². The van der Waals surface area contributed by atoms with Gasteiger partial charge in [-0.1, -0.05) is 18.2 Å². The number of aromatic amines is 1. The Balaban J connectivity index is 1.45. The summed E-state index contributed by atoms with van der Waals surface area (Å²) in [6.45, 7) is 2.78. The van der Waals surface area contributed by atoms with Crippen molar-refractivity contribution in [1.82, 2.24) is 9.88 Å². The molecule has 0 atom stereocenters. The molecule has 3 aromatic rings. The van der Waals surface area contributed by atoms with Crippen molar-refractivity contribution in [3.05, 3.63) is 71.4 Å². The summed E-state index contributed by atoms with van der Waals surface area (Å²) in [5.41, 5.74) is 5.54. The average Bonchev–Trinajstić information content (AvgIpc) is 3.17. The van der Waals surface area contributed by atoms with Gasteiger partial charge in [0.15, 0.2) is 0 Å². The smallest absolute Gasteiger partial charge is 0.337 e. The lowest BCUT2D eigenvalue weighted by Gasteiger charge is -2.26. The topological polar surface area (TPSA) is 54.6 Å². The van der Waals surface area contributed by atoms with Crippen LogP contribution in [0.5, 0.6) is 5.75 Å². The number of esters is 1. The monoisotopic (exact) mass is 376 g/mol. The number of nitrogens with one attached hydrogen (secondary N) is 1. The second-order valence-corrected chi connectivity index (χ2v) is 7.02. The quantitative estimate of drug-likeness (QED) is 0.677. The fraction of sp³-hybridized carbons (Fsp3) is 0.261. The van der Waals surface area contributed by atoms with Crippen molar-refractivity contribution >= 4 is 22.4 Å². The molecule has 0 spiro atoms. The Bertz CT molecular complexity index is 1020. The second-order valence-electron chi connectivity index (χ2n) is 7.02. The first-order valence-corrected chi connectivity index (χ1v) is 9.42. The van der Waals surface area contributed by atoms with E-state index < -0.39 is 0 Å². The van der Waals surface area contributed by atoms with E-state index in [1.54, 1.807) is 7.11 Å². The van der Waals surface area contributed by atoms with Crippen LogP contribution in [0.15, 0.2) is 54.7 Å². The number of aromatic nitrogens is 1. The van der Waals surface area contributed by atoms with Crippen LogP contribution in [0, 0.1) is 0 Å². The van der Waals surface area contributed by atoms with Crippen LogP contribution in [0.25, 0.3) is 16.5 Å². The van der Waals surface area contributed by atoms with Gasteiger partial charge in [0, 0.05) is 42.3 Å². The number of H-pyrrole nitrogens is 1. The van der Waals surface area contributed by atoms with Gasteiger partial charge in [0.2, 0.25) is 0 Å². The largest absolute Gasteiger partial charge is 0.497 e. The van der Waals surface area contributed by atoms with E-state index >= 15 is 0 Å². The van der Waals surface area contributed by atoms with E-state index in [1.165, 1.54) is 29.2 Å². The van der Waals surface area contributed by atoms with Gasteiger partial charge < -0.3 is 14.5 Å². The Kier molecular flexibility index (Phi) is 5.17. The Morgan fingerprint density at radius 2 is 1.96 bits per heavy atom. The van der Waals surface area contributed by atoms with E-state index in [1.807, 2.05) is 30.3 Å². The molecule has 1 aromatic heterocycles. The van der Waals surface area contributed by atoms with Crippen molar-refractivity contribution in [1.29, 1.82) is 0 Å². The van der Waals surface area contributed by atoms with E-state index in [2.05, 4.69) is 34.3 Å². The molecule has 0 amide bonds. The van der Waals surface area contributed by atoms with Gasteiger partial charge in [-0.2, -0.15) is 0 Å². The van der Waals surface area contributed by atoms with Crippen LogP contribution in [0.2, 0.25) is 0 Å². The molecule has 0 radical (unpaired) electrons. The molecule has 0 aliphatic carbocycles. The highest BCUT2D eigenvalue weighted by Gasteiger charge is 2.16. The molecule has 5 heteroatoms. The molecule has 0 unspecified atom stereocenters. The number of hydrogen-bond donors (Lipinski definition) is 1. The molecule has 144 valence electrons. The maximum Gasteiger partial charge on any atom is 0.337 e. The number of carbonyl (C=O) groups excluding carboxylic acids is 1. The zero-order valence-corrected chi connectivity index (χ0v) is 16.2. The van der Waals surface area contributed by atoms with Gasteiger partial charge in [0.05, 0.1) is 19.8 Å². The molecule has 2 aromatic carbocycles. The summed E-state index contributed by atoms with van der Waals surface area (Å²) in [5, 5.41) is 1.21. The molecule has 1 aliphatic heterocycles. The number of fused-ring (bicyclic) bond motifs is 1. The van der Waals surface area contributed by atoms with Gasteiger partial charge >= 0.3 is 5.97 Å². The van der Waals surface area contributed by atoms with Gasteiger partial charge in [-0.25, -0.2) is 4.79 Å². The van der Waals surface area contributed by atoms with E-state index in [9.17, 15) is 4.79 Å². The van der Waals surface area contributed by atoms with E-state index in [4.69, 9.17) is 9.47 Å². The SMILES string of the molecule is COC(=O)c1ccc(CN2CC=C(c3c[nH]c4ccc(OC)cc34)CC2)cc1. The standard InChI is InChI=1S/C23H24N2O3/c1-27-19-7-8-22-20(13-19)21(14-24-22)17-9-11-25(12-10-17)15-16-3-5-18(6-4-16)23(26)28-2/h3-9,13-14,24H,10-12,15H2,1-2H3. The Labute approximate surface area is 164 Å². The number of ether oxygens (including phenoxy) is 2. The molecule has 4 rings (SSSR count). The summed E-state index contributed by atoms with van der Waals surface area (Å²) >= 11 is 0. The highest BCUT2D eigenvalue weighted by Crippen LogP contribution is 2.31. The normalized spacial score (nSPS) is 14.7. The summed E-state index contributed by atoms with van der Waals surface area (Å²) < 4.78 is 10.1. The van der Waals surface area contributed by atoms with Crippen LogP contribution in [0.1, 0.15) is 27.9 Å². The molecule has 28 heavy (non-hydrogen) atoms. The van der Waals surface area contributed by atoms with Crippen molar-refractivity contribution < 1.29 is 14.3 Å². The predicted molar refractivity (Wildman–Crippen MR) is 111 cm³/mol. The maximum absolute atomic E-state index is 11.5. The van der Waals surface area contributed by atoms with Gasteiger partial charge in [0.1, 0.15) is 5.75 Å². The molecule has 2 heterocycles. The molecule has 1 N–H and O–H groups in total. The maximum atomic E-state index is 11.5. The van der Waals surface area contributed by atoms with Gasteiger partial charge in [-0.05, 0) is 47.9 Å². The van der Waals surface area contributed by atoms with Gasteiger partial charge in [-0.15, -0.1) is 0 Å². The minimum absolute atomic E-state index is 0.299. The van der Waals surface area contributed by atoms with Crippen LogP contribution < -0.4 is 4.74 Å². The van der Waals surface area contributed by atoms with Gasteiger partial charge in [-0.3, -0.25) is 4.90 Å². The first-order valence-electron chi connectivity index (χ1n) is 9.42. The molecule has 5 nitrogen and oxygen atoms in total. The van der Waals surface area contributed by atoms with Gasteiger partial charge in [0.25, 0.3) is 0 Å². The lowest BCUT2D eigenvalue weighted by atomic mass is 9.98. The second kappa shape index (κ2) is 7.90. The van der Waals surface area contributed by atoms with Crippen molar-refractivity contribution in [2.75, 3.05) is 27.3 Å². The third-order valence-electron chi connectivity index (χ3n) is 5.31. The lowest BCUT2D eigenvalue weighted by molar-refractivity contribution is 0.0600. The van der Waals surface area contributed by atoms with Crippen molar-refractivity contribution in [3.8, 4) is 5.75 Å². The Hall–Kier alpha value is -3.05. The molecule has 0 saturated carbocycles. The number of methoxy groups -OCH3 is 2. The highest BCUT2D eigenvalue weighted by molar-refractivity contribution is 5.93. The molecular formula is C23H24N2O3. The van der Waals surface area contributed by atoms with E-state index in [-0.39, 0.29) is 5.97 Å². The molecular weight excluding hydrogens is 352 g/mol. The lowest BCUT2D eigenvalue weighted by Crippen LogP contribution is -2.28. The number of carbonyl (C=O) groups is 1. The Morgan fingerprint density at radius 3 is 2.64 bits per heavy atom. The zero-order chi connectivity index (χ0) is 19.5. The highest BCUT2D eigenvalue weighted by atomic mass is 16.5. The van der Waals surface area contributed by atoms with E-state index in [0.29, 0.717) is 5.56 Å². The number of hydrogen-bond acceptors (Lipinski definition) is 4. The zero-order valence-electron chi connectivity index (χ0n) is 16.2. The number of nitrogens with zero attached hydrogens (tertiary/aromatic N) is 1. The van der Waals surface area contributed by atoms with Crippen LogP contribution in [0.3, 0.4) is 0 Å². The first kappa shape index (κ1) is 18.3. The summed E-state index contributed by atoms with van der Waals surface area (Å²) in [5.74, 6) is 0.578. The summed E-state index contributed by atoms with van der Waals surface area (Å²) in [7, 11) is 3.10. The third-order valence-corrected chi connectivity index (χ3v) is 5.31. The third kappa shape index (κ3) is 3.66.